The summed E-state index contributed by atoms with van der Waals surface area (Å²) in [6.07, 6.45) is 7.46. The lowest BCUT2D eigenvalue weighted by Crippen LogP contribution is -2.53. The van der Waals surface area contributed by atoms with Crippen molar-refractivity contribution >= 4 is 38.7 Å². The molecule has 6 rings (SSSR count). The number of carbonyl (C=O) groups excluding carboxylic acids is 2. The van der Waals surface area contributed by atoms with Crippen LogP contribution < -0.4 is 20.9 Å². The summed E-state index contributed by atoms with van der Waals surface area (Å²) in [4.78, 5) is 37.8. The molecule has 0 radical (unpaired) electrons. The topological polar surface area (TPSA) is 168 Å². The smallest absolute Gasteiger partial charge is 0.252 e. The zero-order valence-electron chi connectivity index (χ0n) is 25.5. The second-order valence-corrected chi connectivity index (χ2v) is 14.4. The predicted octanol–water partition coefficient (Wildman–Crippen LogP) is 1.77. The van der Waals surface area contributed by atoms with Gasteiger partial charge < -0.3 is 30.7 Å². The van der Waals surface area contributed by atoms with Crippen LogP contribution >= 0.6 is 0 Å². The summed E-state index contributed by atoms with van der Waals surface area (Å²) in [6.45, 7) is 8.82. The number of hydrogen-bond donors (Lipinski definition) is 4. The monoisotopic (exact) mass is 637 g/mol. The molecule has 1 saturated carbocycles. The first-order valence-electron chi connectivity index (χ1n) is 15.2. The number of nitrogens with one attached hydrogen (secondary N) is 3. The number of allylic oxidation sites excluding steroid dienone is 1. The Morgan fingerprint density at radius 3 is 2.58 bits per heavy atom. The van der Waals surface area contributed by atoms with Crippen LogP contribution in [0.15, 0.2) is 43.4 Å². The maximum absolute atomic E-state index is 14.0. The molecule has 240 valence electrons. The Morgan fingerprint density at radius 2 is 1.93 bits per heavy atom. The number of rotatable bonds is 10. The van der Waals surface area contributed by atoms with Crippen LogP contribution in [0.1, 0.15) is 43.0 Å². The van der Waals surface area contributed by atoms with Crippen LogP contribution in [0.25, 0.3) is 22.0 Å². The Labute approximate surface area is 262 Å². The van der Waals surface area contributed by atoms with Gasteiger partial charge >= 0.3 is 0 Å². The molecule has 4 heterocycles. The molecule has 2 amide bonds. The predicted molar refractivity (Wildman–Crippen MR) is 170 cm³/mol. The van der Waals surface area contributed by atoms with E-state index in [4.69, 9.17) is 4.74 Å². The van der Waals surface area contributed by atoms with Crippen molar-refractivity contribution in [2.45, 2.75) is 49.5 Å². The summed E-state index contributed by atoms with van der Waals surface area (Å²) in [6, 6.07) is 3.17. The van der Waals surface area contributed by atoms with E-state index in [1.54, 1.807) is 30.6 Å². The number of piperazine rings is 1. The van der Waals surface area contributed by atoms with Crippen molar-refractivity contribution in [3.8, 4) is 16.9 Å². The SMILES string of the molecule is C=CCC1(S(=O)(=O)n2cc(O)c3c(C(=O)NCC4C(=O)NC(C)CC4OC)cc(-c4cnc(N5CCNCC5)nc4)cc32)CC1. The molecular weight excluding hydrogens is 598 g/mol. The maximum Gasteiger partial charge on any atom is 0.252 e. The fourth-order valence-corrected chi connectivity index (χ4v) is 8.41. The van der Waals surface area contributed by atoms with Gasteiger partial charge in [0.25, 0.3) is 5.91 Å². The minimum Gasteiger partial charge on any atom is -0.506 e. The van der Waals surface area contributed by atoms with E-state index >= 15 is 0 Å². The lowest BCUT2D eigenvalue weighted by atomic mass is 9.91. The van der Waals surface area contributed by atoms with Crippen LogP contribution in [0.3, 0.4) is 0 Å². The summed E-state index contributed by atoms with van der Waals surface area (Å²) in [5.41, 5.74) is 1.30. The molecule has 3 fully saturated rings. The van der Waals surface area contributed by atoms with Crippen molar-refractivity contribution in [2.24, 2.45) is 5.92 Å². The summed E-state index contributed by atoms with van der Waals surface area (Å²) < 4.78 is 33.5. The number of piperidine rings is 1. The Kier molecular flexibility index (Phi) is 8.31. The molecule has 3 aromatic rings. The lowest BCUT2D eigenvalue weighted by Gasteiger charge is -2.33. The molecule has 1 aromatic carbocycles. The highest BCUT2D eigenvalue weighted by molar-refractivity contribution is 7.91. The van der Waals surface area contributed by atoms with E-state index in [9.17, 15) is 23.1 Å². The molecule has 3 atom stereocenters. The number of aromatic hydroxyl groups is 1. The van der Waals surface area contributed by atoms with E-state index < -0.39 is 26.6 Å². The van der Waals surface area contributed by atoms with Crippen molar-refractivity contribution in [1.82, 2.24) is 29.9 Å². The summed E-state index contributed by atoms with van der Waals surface area (Å²) in [5, 5.41) is 20.2. The fourth-order valence-electron chi connectivity index (χ4n) is 6.41. The molecule has 2 saturated heterocycles. The Morgan fingerprint density at radius 1 is 1.22 bits per heavy atom. The highest BCUT2D eigenvalue weighted by atomic mass is 32.2. The van der Waals surface area contributed by atoms with Gasteiger partial charge in [0.1, 0.15) is 5.75 Å². The van der Waals surface area contributed by atoms with Crippen molar-refractivity contribution in [3.63, 3.8) is 0 Å². The van der Waals surface area contributed by atoms with Crippen molar-refractivity contribution in [3.05, 3.63) is 48.9 Å². The molecule has 2 aromatic heterocycles. The van der Waals surface area contributed by atoms with Gasteiger partial charge in [0.05, 0.1) is 39.4 Å². The van der Waals surface area contributed by atoms with Crippen LogP contribution in [0.5, 0.6) is 5.75 Å². The van der Waals surface area contributed by atoms with Crippen LogP contribution in [0.2, 0.25) is 0 Å². The van der Waals surface area contributed by atoms with Gasteiger partial charge in [-0.2, -0.15) is 0 Å². The number of fused-ring (bicyclic) bond motifs is 1. The summed E-state index contributed by atoms with van der Waals surface area (Å²) >= 11 is 0. The number of carbonyl (C=O) groups is 2. The minimum absolute atomic E-state index is 0.00761. The first kappa shape index (κ1) is 31.0. The number of nitrogens with zero attached hydrogens (tertiary/aromatic N) is 4. The van der Waals surface area contributed by atoms with Crippen molar-refractivity contribution < 1.29 is 27.9 Å². The summed E-state index contributed by atoms with van der Waals surface area (Å²) in [5.74, 6) is -1.18. The van der Waals surface area contributed by atoms with Gasteiger partial charge in [-0.05, 0) is 50.3 Å². The number of aromatic nitrogens is 3. The van der Waals surface area contributed by atoms with Gasteiger partial charge in [0, 0.05) is 63.8 Å². The molecule has 14 heteroatoms. The van der Waals surface area contributed by atoms with Gasteiger partial charge in [-0.25, -0.2) is 22.4 Å². The first-order valence-corrected chi connectivity index (χ1v) is 16.7. The molecule has 1 aliphatic carbocycles. The normalized spacial score (nSPS) is 23.0. The van der Waals surface area contributed by atoms with E-state index in [0.717, 1.165) is 36.3 Å². The zero-order valence-corrected chi connectivity index (χ0v) is 26.3. The van der Waals surface area contributed by atoms with Gasteiger partial charge in [0.15, 0.2) is 0 Å². The van der Waals surface area contributed by atoms with Crippen LogP contribution in [0, 0.1) is 5.92 Å². The molecule has 0 spiro atoms. The van der Waals surface area contributed by atoms with Crippen LogP contribution in [-0.4, -0.2) is 96.0 Å². The summed E-state index contributed by atoms with van der Waals surface area (Å²) in [7, 11) is -2.43. The average molecular weight is 638 g/mol. The van der Waals surface area contributed by atoms with Crippen molar-refractivity contribution in [2.75, 3.05) is 44.7 Å². The molecule has 2 aliphatic heterocycles. The van der Waals surface area contributed by atoms with Crippen molar-refractivity contribution in [1.29, 1.82) is 0 Å². The third-order valence-corrected chi connectivity index (χ3v) is 11.6. The molecular formula is C31H39N7O6S. The van der Waals surface area contributed by atoms with E-state index in [1.165, 1.54) is 7.11 Å². The zero-order chi connectivity index (χ0) is 31.9. The molecule has 13 nitrogen and oxygen atoms in total. The standard InChI is InChI=1S/C31H39N7O6S/c1-4-5-31(6-7-31)45(42,43)38-18-25(39)27-22(28(40)33-17-23-26(44-3)12-19(2)36-29(23)41)13-20(14-24(27)38)21-15-34-30(35-16-21)37-10-8-32-9-11-37/h4,13-16,18-19,23,26,32,39H,1,5-12,17H2,2-3H3,(H,33,40)(H,36,41). The van der Waals surface area contributed by atoms with E-state index in [2.05, 4.69) is 37.4 Å². The first-order chi connectivity index (χ1) is 21.6. The molecule has 3 aliphatic rings. The van der Waals surface area contributed by atoms with Gasteiger partial charge in [-0.3, -0.25) is 9.59 Å². The Bertz CT molecular complexity index is 1730. The highest BCUT2D eigenvalue weighted by Gasteiger charge is 2.54. The Balaban J connectivity index is 1.41. The second kappa shape index (κ2) is 12.1. The molecule has 3 unspecified atom stereocenters. The van der Waals surface area contributed by atoms with E-state index in [0.29, 0.717) is 36.3 Å². The van der Waals surface area contributed by atoms with E-state index in [1.807, 2.05) is 6.92 Å². The number of anilines is 1. The number of hydrogen-bond acceptors (Lipinski definition) is 10. The molecule has 4 N–H and O–H groups in total. The number of amides is 2. The van der Waals surface area contributed by atoms with Gasteiger partial charge in [-0.15, -0.1) is 6.58 Å². The lowest BCUT2D eigenvalue weighted by molar-refractivity contribution is -0.134. The second-order valence-electron chi connectivity index (χ2n) is 12.2. The van der Waals surface area contributed by atoms with Crippen LogP contribution in [-0.2, 0) is 19.6 Å². The molecule has 45 heavy (non-hydrogen) atoms. The molecule has 0 bridgehead atoms. The highest BCUT2D eigenvalue weighted by Crippen LogP contribution is 2.49. The Hall–Kier alpha value is -4.01. The number of benzene rings is 1. The van der Waals surface area contributed by atoms with Gasteiger partial charge in [0.2, 0.25) is 21.9 Å². The maximum atomic E-state index is 14.0. The quantitative estimate of drug-likeness (QED) is 0.241. The van der Waals surface area contributed by atoms with Crippen LogP contribution in [0.4, 0.5) is 5.95 Å². The number of ether oxygens (including phenoxy) is 1. The van der Waals surface area contributed by atoms with E-state index in [-0.39, 0.29) is 53.2 Å². The minimum atomic E-state index is -3.97. The average Bonchev–Trinajstić information content (AvgIpc) is 3.76. The largest absolute Gasteiger partial charge is 0.506 e. The van der Waals surface area contributed by atoms with Gasteiger partial charge in [-0.1, -0.05) is 6.08 Å². The third-order valence-electron chi connectivity index (χ3n) is 9.14. The third kappa shape index (κ3) is 5.66. The number of methoxy groups -OCH3 is 1. The fraction of sp³-hybridized carbons (Fsp3) is 0.484.